The van der Waals surface area contributed by atoms with E-state index in [1.165, 1.54) is 25.0 Å². The van der Waals surface area contributed by atoms with Gasteiger partial charge < -0.3 is 5.32 Å². The van der Waals surface area contributed by atoms with Crippen LogP contribution in [0.4, 0.5) is 13.2 Å². The maximum atomic E-state index is 12.5. The van der Waals surface area contributed by atoms with E-state index in [9.17, 15) is 13.2 Å². The summed E-state index contributed by atoms with van der Waals surface area (Å²) < 4.78 is 37.5. The lowest BCUT2D eigenvalue weighted by atomic mass is 9.88. The van der Waals surface area contributed by atoms with Crippen LogP contribution in [0.3, 0.4) is 0 Å². The SMILES string of the molecule is CC(CNC1CC1)C(C)c1ccc(C(F)(F)F)cc1. The molecule has 1 aromatic rings. The molecule has 0 bridgehead atoms. The number of hydrogen-bond acceptors (Lipinski definition) is 1. The highest BCUT2D eigenvalue weighted by Gasteiger charge is 2.30. The maximum Gasteiger partial charge on any atom is 0.416 e. The second-order valence-corrected chi connectivity index (χ2v) is 5.57. The first kappa shape index (κ1) is 14.4. The van der Waals surface area contributed by atoms with Crippen LogP contribution in [0, 0.1) is 5.92 Å². The molecule has 0 radical (unpaired) electrons. The first-order valence-corrected chi connectivity index (χ1v) is 6.78. The number of nitrogens with one attached hydrogen (secondary N) is 1. The van der Waals surface area contributed by atoms with Crippen LogP contribution in [0.2, 0.25) is 0 Å². The van der Waals surface area contributed by atoms with E-state index in [4.69, 9.17) is 0 Å². The van der Waals surface area contributed by atoms with Crippen molar-refractivity contribution in [1.29, 1.82) is 0 Å². The normalized spacial score (nSPS) is 19.2. The highest BCUT2D eigenvalue weighted by Crippen LogP contribution is 2.31. The molecule has 0 aliphatic heterocycles. The minimum atomic E-state index is -4.25. The molecule has 1 aliphatic rings. The minimum Gasteiger partial charge on any atom is -0.314 e. The Morgan fingerprint density at radius 2 is 1.74 bits per heavy atom. The molecule has 4 heteroatoms. The monoisotopic (exact) mass is 271 g/mol. The summed E-state index contributed by atoms with van der Waals surface area (Å²) in [6, 6.07) is 6.21. The van der Waals surface area contributed by atoms with E-state index in [1.54, 1.807) is 12.1 Å². The van der Waals surface area contributed by atoms with E-state index in [0.717, 1.165) is 12.1 Å². The molecule has 19 heavy (non-hydrogen) atoms. The molecule has 1 nitrogen and oxygen atoms in total. The fourth-order valence-electron chi connectivity index (χ4n) is 2.12. The number of rotatable bonds is 5. The molecule has 0 saturated heterocycles. The van der Waals surface area contributed by atoms with Gasteiger partial charge in [0.2, 0.25) is 0 Å². The second-order valence-electron chi connectivity index (χ2n) is 5.57. The lowest BCUT2D eigenvalue weighted by Gasteiger charge is -2.21. The van der Waals surface area contributed by atoms with Gasteiger partial charge in [0.1, 0.15) is 0 Å². The number of halogens is 3. The zero-order chi connectivity index (χ0) is 14.0. The van der Waals surface area contributed by atoms with Crippen LogP contribution in [0.5, 0.6) is 0 Å². The van der Waals surface area contributed by atoms with E-state index >= 15 is 0 Å². The number of alkyl halides is 3. The van der Waals surface area contributed by atoms with E-state index < -0.39 is 11.7 Å². The van der Waals surface area contributed by atoms with Crippen LogP contribution in [0.1, 0.15) is 43.7 Å². The first-order valence-electron chi connectivity index (χ1n) is 6.78. The average Bonchev–Trinajstić information content (AvgIpc) is 3.18. The van der Waals surface area contributed by atoms with Crippen LogP contribution in [0.15, 0.2) is 24.3 Å². The van der Waals surface area contributed by atoms with Crippen molar-refractivity contribution in [1.82, 2.24) is 5.32 Å². The van der Waals surface area contributed by atoms with Crippen LogP contribution < -0.4 is 5.32 Å². The van der Waals surface area contributed by atoms with Gasteiger partial charge in [0.25, 0.3) is 0 Å². The molecule has 0 aromatic heterocycles. The summed E-state index contributed by atoms with van der Waals surface area (Å²) in [6.45, 7) is 5.13. The predicted molar refractivity (Wildman–Crippen MR) is 70.0 cm³/mol. The van der Waals surface area contributed by atoms with Gasteiger partial charge in [0, 0.05) is 6.04 Å². The Morgan fingerprint density at radius 3 is 2.21 bits per heavy atom. The molecule has 2 unspecified atom stereocenters. The Bertz CT molecular complexity index is 406. The fraction of sp³-hybridized carbons (Fsp3) is 0.600. The number of hydrogen-bond donors (Lipinski definition) is 1. The van der Waals surface area contributed by atoms with E-state index in [1.807, 2.05) is 0 Å². The maximum absolute atomic E-state index is 12.5. The molecule has 1 saturated carbocycles. The Morgan fingerprint density at radius 1 is 1.16 bits per heavy atom. The van der Waals surface area contributed by atoms with E-state index in [-0.39, 0.29) is 5.92 Å². The van der Waals surface area contributed by atoms with Gasteiger partial charge in [-0.3, -0.25) is 0 Å². The smallest absolute Gasteiger partial charge is 0.314 e. The molecule has 2 rings (SSSR count). The molecule has 106 valence electrons. The summed E-state index contributed by atoms with van der Waals surface area (Å²) in [5.74, 6) is 0.672. The van der Waals surface area contributed by atoms with Crippen molar-refractivity contribution in [2.24, 2.45) is 5.92 Å². The van der Waals surface area contributed by atoms with Crippen molar-refractivity contribution < 1.29 is 13.2 Å². The van der Waals surface area contributed by atoms with Crippen LogP contribution in [-0.2, 0) is 6.18 Å². The molecule has 2 atom stereocenters. The summed E-state index contributed by atoms with van der Waals surface area (Å²) in [7, 11) is 0. The summed E-state index contributed by atoms with van der Waals surface area (Å²) in [4.78, 5) is 0. The first-order chi connectivity index (χ1) is 8.88. The van der Waals surface area contributed by atoms with Gasteiger partial charge in [0.15, 0.2) is 0 Å². The van der Waals surface area contributed by atoms with Crippen molar-refractivity contribution in [2.75, 3.05) is 6.54 Å². The molecule has 0 heterocycles. The molecular weight excluding hydrogens is 251 g/mol. The summed E-state index contributed by atoms with van der Waals surface area (Å²) in [6.07, 6.45) is -1.75. The standard InChI is InChI=1S/C15H20F3N/c1-10(9-19-14-7-8-14)11(2)12-3-5-13(6-4-12)15(16,17)18/h3-6,10-11,14,19H,7-9H2,1-2H3. The highest BCUT2D eigenvalue weighted by atomic mass is 19.4. The number of benzene rings is 1. The Hall–Kier alpha value is -1.03. The van der Waals surface area contributed by atoms with E-state index in [2.05, 4.69) is 19.2 Å². The zero-order valence-corrected chi connectivity index (χ0v) is 11.3. The van der Waals surface area contributed by atoms with Gasteiger partial charge in [0.05, 0.1) is 5.56 Å². The summed E-state index contributed by atoms with van der Waals surface area (Å²) in [5.41, 5.74) is 0.394. The van der Waals surface area contributed by atoms with Crippen LogP contribution in [0.25, 0.3) is 0 Å². The van der Waals surface area contributed by atoms with Crippen LogP contribution in [-0.4, -0.2) is 12.6 Å². The topological polar surface area (TPSA) is 12.0 Å². The van der Waals surface area contributed by atoms with Crippen molar-refractivity contribution >= 4 is 0 Å². The van der Waals surface area contributed by atoms with Gasteiger partial charge >= 0.3 is 6.18 Å². The quantitative estimate of drug-likeness (QED) is 0.846. The van der Waals surface area contributed by atoms with Crippen LogP contribution >= 0.6 is 0 Å². The average molecular weight is 271 g/mol. The Balaban J connectivity index is 1.95. The van der Waals surface area contributed by atoms with Gasteiger partial charge in [-0.1, -0.05) is 26.0 Å². The Labute approximate surface area is 112 Å². The van der Waals surface area contributed by atoms with E-state index in [0.29, 0.717) is 12.0 Å². The van der Waals surface area contributed by atoms with Gasteiger partial charge in [-0.05, 0) is 48.9 Å². The molecule has 1 N–H and O–H groups in total. The molecule has 0 amide bonds. The highest BCUT2D eigenvalue weighted by molar-refractivity contribution is 5.27. The minimum absolute atomic E-state index is 0.258. The lowest BCUT2D eigenvalue weighted by molar-refractivity contribution is -0.137. The lowest BCUT2D eigenvalue weighted by Crippen LogP contribution is -2.26. The summed E-state index contributed by atoms with van der Waals surface area (Å²) >= 11 is 0. The Kier molecular flexibility index (Phi) is 4.19. The molecule has 0 spiro atoms. The van der Waals surface area contributed by atoms with Gasteiger partial charge in [-0.15, -0.1) is 0 Å². The molecule has 1 aromatic carbocycles. The largest absolute Gasteiger partial charge is 0.416 e. The predicted octanol–water partition coefficient (Wildman–Crippen LogP) is 4.20. The van der Waals surface area contributed by atoms with Gasteiger partial charge in [-0.2, -0.15) is 13.2 Å². The third kappa shape index (κ3) is 3.96. The van der Waals surface area contributed by atoms with Crippen molar-refractivity contribution in [2.45, 2.75) is 44.8 Å². The van der Waals surface area contributed by atoms with Gasteiger partial charge in [-0.25, -0.2) is 0 Å². The summed E-state index contributed by atoms with van der Waals surface area (Å²) in [5, 5.41) is 3.46. The molecule has 1 fully saturated rings. The fourth-order valence-corrected chi connectivity index (χ4v) is 2.12. The molecule has 1 aliphatic carbocycles. The van der Waals surface area contributed by atoms with Crippen molar-refractivity contribution in [3.05, 3.63) is 35.4 Å². The zero-order valence-electron chi connectivity index (χ0n) is 11.3. The third-order valence-electron chi connectivity index (χ3n) is 3.92. The third-order valence-corrected chi connectivity index (χ3v) is 3.92. The molecular formula is C15H20F3N. The van der Waals surface area contributed by atoms with Crippen molar-refractivity contribution in [3.63, 3.8) is 0 Å². The second kappa shape index (κ2) is 5.53. The van der Waals surface area contributed by atoms with Crippen molar-refractivity contribution in [3.8, 4) is 0 Å².